The molecule has 0 radical (unpaired) electrons. The number of aldehydes is 1. The summed E-state index contributed by atoms with van der Waals surface area (Å²) in [7, 11) is 0. The number of benzene rings is 3. The van der Waals surface area contributed by atoms with Gasteiger partial charge in [-0.1, -0.05) is 88.2 Å². The molecule has 45 heavy (non-hydrogen) atoms. The van der Waals surface area contributed by atoms with Crippen molar-refractivity contribution in [1.29, 1.82) is 0 Å². The number of nitrogens with zero attached hydrogens (tertiary/aromatic N) is 4. The van der Waals surface area contributed by atoms with Gasteiger partial charge in [-0.25, -0.2) is 0 Å². The quantitative estimate of drug-likeness (QED) is 0.235. The molecule has 0 spiro atoms. The molecule has 3 N–H and O–H groups in total. The largest absolute Gasteiger partial charge is 0.481 e. The lowest BCUT2D eigenvalue weighted by Crippen LogP contribution is -2.71. The maximum Gasteiger partial charge on any atom is 0.307 e. The highest BCUT2D eigenvalue weighted by Crippen LogP contribution is 2.20. The van der Waals surface area contributed by atoms with E-state index in [9.17, 15) is 19.2 Å². The smallest absolute Gasteiger partial charge is 0.307 e. The fraction of sp³-hybridized carbons (Fsp3) is 0.333. The van der Waals surface area contributed by atoms with Gasteiger partial charge in [0, 0.05) is 10.9 Å². The second-order valence-electron chi connectivity index (χ2n) is 11.0. The third-order valence-electron chi connectivity index (χ3n) is 6.78. The Morgan fingerprint density at radius 3 is 1.40 bits per heavy atom. The van der Waals surface area contributed by atoms with Gasteiger partial charge in [0.25, 0.3) is 0 Å². The van der Waals surface area contributed by atoms with Crippen molar-refractivity contribution in [3.63, 3.8) is 0 Å². The summed E-state index contributed by atoms with van der Waals surface area (Å²) in [5.41, 5.74) is 5.07. The van der Waals surface area contributed by atoms with Crippen LogP contribution in [0.15, 0.2) is 72.8 Å². The molecule has 0 aliphatic carbocycles. The highest BCUT2D eigenvalue weighted by Gasteiger charge is 2.36. The molecule has 12 heteroatoms. The van der Waals surface area contributed by atoms with Crippen LogP contribution in [0.2, 0.25) is 0 Å². The number of aryl methyl sites for hydroxylation is 1. The molecular weight excluding hydrogens is 644 g/mol. The first kappa shape index (κ1) is 35.5. The molecule has 4 saturated heterocycles. The lowest BCUT2D eigenvalue weighted by Gasteiger charge is -2.56. The van der Waals surface area contributed by atoms with E-state index in [1.165, 1.54) is 40.0 Å². The zero-order valence-electron chi connectivity index (χ0n) is 25.2. The van der Waals surface area contributed by atoms with Crippen LogP contribution in [0.1, 0.15) is 38.2 Å². The van der Waals surface area contributed by atoms with Gasteiger partial charge in [0.2, 0.25) is 0 Å². The van der Waals surface area contributed by atoms with Gasteiger partial charge in [-0.2, -0.15) is 0 Å². The van der Waals surface area contributed by atoms with E-state index < -0.39 is 17.9 Å². The van der Waals surface area contributed by atoms with Gasteiger partial charge in [0.1, 0.15) is 6.29 Å². The number of carboxylic acids is 3. The minimum absolute atomic E-state index is 0.0400. The zero-order chi connectivity index (χ0) is 32.8. The number of carbonyl (C=O) groups excluding carboxylic acids is 1. The fourth-order valence-corrected chi connectivity index (χ4v) is 5.53. The van der Waals surface area contributed by atoms with Crippen molar-refractivity contribution in [2.75, 3.05) is 40.0 Å². The summed E-state index contributed by atoms with van der Waals surface area (Å²) >= 11 is 3.31. The standard InChI is InChI=1S/C9H9BrO2.C9H8O3.C9H10O2.C6H12N4/c2*10-6-8-3-1-2-7(4-8)5-9(11)12;1-7-3-2-4-8(5-7)6-9(10)11;1-7-2-9-4-8(1)5-10(3-7)6-9/h1-4H,5-6H2,(H,11,12);1-4,6H,5H2,(H,11,12);2-5H,6H2,1H3,(H,10,11);1-6H2. The van der Waals surface area contributed by atoms with Crippen molar-refractivity contribution >= 4 is 40.1 Å². The van der Waals surface area contributed by atoms with E-state index in [0.29, 0.717) is 17.4 Å². The Balaban J connectivity index is 0.000000164. The van der Waals surface area contributed by atoms with Gasteiger partial charge in [-0.05, 0) is 35.2 Å². The van der Waals surface area contributed by atoms with Gasteiger partial charge >= 0.3 is 17.9 Å². The van der Waals surface area contributed by atoms with E-state index in [1.807, 2.05) is 55.5 Å². The number of aliphatic carboxylic acids is 3. The van der Waals surface area contributed by atoms with Crippen molar-refractivity contribution in [2.45, 2.75) is 31.5 Å². The Hall–Kier alpha value is -3.94. The maximum absolute atomic E-state index is 10.4. The number of carboxylic acid groups (broad SMARTS) is 3. The number of rotatable bonds is 8. The van der Waals surface area contributed by atoms with Crippen LogP contribution in [0.5, 0.6) is 0 Å². The van der Waals surface area contributed by atoms with E-state index in [4.69, 9.17) is 15.3 Å². The predicted octanol–water partition coefficient (Wildman–Crippen LogP) is 3.94. The second kappa shape index (κ2) is 18.1. The summed E-state index contributed by atoms with van der Waals surface area (Å²) < 4.78 is 0. The molecule has 0 unspecified atom stereocenters. The van der Waals surface area contributed by atoms with Crippen LogP contribution in [0.4, 0.5) is 0 Å². The highest BCUT2D eigenvalue weighted by atomic mass is 79.9. The molecule has 3 aromatic rings. The van der Waals surface area contributed by atoms with Gasteiger partial charge in [0.15, 0.2) is 0 Å². The lowest BCUT2D eigenvalue weighted by atomic mass is 10.1. The summed E-state index contributed by atoms with van der Waals surface area (Å²) in [6.45, 7) is 9.07. The summed E-state index contributed by atoms with van der Waals surface area (Å²) in [6, 6.07) is 21.6. The molecule has 4 heterocycles. The van der Waals surface area contributed by atoms with Crippen LogP contribution in [0.3, 0.4) is 0 Å². The third kappa shape index (κ3) is 13.3. The molecule has 11 nitrogen and oxygen atoms in total. The molecule has 4 aliphatic rings. The molecule has 0 atom stereocenters. The van der Waals surface area contributed by atoms with E-state index in [2.05, 4.69) is 35.5 Å². The van der Waals surface area contributed by atoms with Crippen molar-refractivity contribution in [1.82, 2.24) is 19.6 Å². The van der Waals surface area contributed by atoms with Gasteiger partial charge in [-0.3, -0.25) is 38.8 Å². The number of halogens is 1. The third-order valence-corrected chi connectivity index (χ3v) is 7.43. The van der Waals surface area contributed by atoms with Crippen LogP contribution in [-0.2, 0) is 39.0 Å². The number of hydrogen-bond acceptors (Lipinski definition) is 8. The van der Waals surface area contributed by atoms with Crippen molar-refractivity contribution in [2.24, 2.45) is 0 Å². The monoisotopic (exact) mass is 682 g/mol. The molecule has 3 aromatic carbocycles. The van der Waals surface area contributed by atoms with E-state index in [1.54, 1.807) is 24.3 Å². The minimum atomic E-state index is -0.891. The number of hydrogen-bond donors (Lipinski definition) is 3. The summed E-state index contributed by atoms with van der Waals surface area (Å²) in [5.74, 6) is -2.46. The minimum Gasteiger partial charge on any atom is -0.481 e. The Kier molecular flexibility index (Phi) is 14.3. The SMILES string of the molecule is C1N2CN3CN1CN(C2)C3.Cc1cccc(CC(=O)O)c1.O=C(O)Cc1cccc(CBr)c1.O=Cc1cccc(CC(=O)O)c1. The Morgan fingerprint density at radius 2 is 1.00 bits per heavy atom. The van der Waals surface area contributed by atoms with Gasteiger partial charge in [-0.15, -0.1) is 0 Å². The highest BCUT2D eigenvalue weighted by molar-refractivity contribution is 9.08. The van der Waals surface area contributed by atoms with E-state index in [0.717, 1.165) is 27.6 Å². The van der Waals surface area contributed by atoms with Crippen LogP contribution < -0.4 is 0 Å². The first-order valence-corrected chi connectivity index (χ1v) is 15.4. The first-order valence-electron chi connectivity index (χ1n) is 14.3. The molecular formula is C33H39BrN4O7. The summed E-state index contributed by atoms with van der Waals surface area (Å²) in [5, 5.41) is 26.2. The lowest BCUT2D eigenvalue weighted by molar-refractivity contribution is -0.194. The average molecular weight is 684 g/mol. The van der Waals surface area contributed by atoms with E-state index >= 15 is 0 Å². The zero-order valence-corrected chi connectivity index (χ0v) is 26.8. The van der Waals surface area contributed by atoms with Crippen LogP contribution in [0, 0.1) is 6.92 Å². The van der Waals surface area contributed by atoms with Crippen LogP contribution in [0.25, 0.3) is 0 Å². The van der Waals surface area contributed by atoms with Crippen LogP contribution >= 0.6 is 15.9 Å². The van der Waals surface area contributed by atoms with Crippen LogP contribution in [-0.4, -0.2) is 99.1 Å². The molecule has 0 aromatic heterocycles. The Labute approximate surface area is 271 Å². The molecule has 4 aliphatic heterocycles. The normalized spacial score (nSPS) is 20.2. The molecule has 4 bridgehead atoms. The van der Waals surface area contributed by atoms with Gasteiger partial charge in [0.05, 0.1) is 59.3 Å². The van der Waals surface area contributed by atoms with E-state index in [-0.39, 0.29) is 19.3 Å². The summed E-state index contributed by atoms with van der Waals surface area (Å²) in [4.78, 5) is 51.1. The van der Waals surface area contributed by atoms with Crippen molar-refractivity contribution < 1.29 is 34.5 Å². The topological polar surface area (TPSA) is 142 Å². The molecule has 0 amide bonds. The number of alkyl halides is 1. The Bertz CT molecular complexity index is 1400. The second-order valence-corrected chi connectivity index (χ2v) is 11.6. The summed E-state index contributed by atoms with van der Waals surface area (Å²) in [6.07, 6.45) is 0.871. The predicted molar refractivity (Wildman–Crippen MR) is 173 cm³/mol. The molecule has 7 rings (SSSR count). The molecule has 4 fully saturated rings. The van der Waals surface area contributed by atoms with Crippen molar-refractivity contribution in [3.05, 3.63) is 106 Å². The van der Waals surface area contributed by atoms with Crippen molar-refractivity contribution in [3.8, 4) is 0 Å². The average Bonchev–Trinajstić information content (AvgIpc) is 2.97. The maximum atomic E-state index is 10.4. The fourth-order valence-electron chi connectivity index (χ4n) is 5.18. The number of carbonyl (C=O) groups is 4. The Morgan fingerprint density at radius 1 is 0.622 bits per heavy atom. The first-order chi connectivity index (χ1) is 21.5. The van der Waals surface area contributed by atoms with Gasteiger partial charge < -0.3 is 15.3 Å². The molecule has 0 saturated carbocycles. The molecule has 240 valence electrons.